The van der Waals surface area contributed by atoms with Crippen molar-refractivity contribution in [2.24, 2.45) is 0 Å². The Labute approximate surface area is 195 Å². The molecular weight excluding hydrogens is 536 g/mol. The van der Waals surface area contributed by atoms with E-state index in [2.05, 4.69) is 0 Å². The average Bonchev–Trinajstić information content (AvgIpc) is 2.81. The molecule has 0 unspecified atom stereocenters. The van der Waals surface area contributed by atoms with Crippen LogP contribution in [0.3, 0.4) is 0 Å². The molecule has 154 valence electrons. The minimum atomic E-state index is -4.25. The van der Waals surface area contributed by atoms with Gasteiger partial charge in [-0.1, -0.05) is 0 Å². The SMILES string of the molecule is Nc1cc(Cl)cc(C(=O)[O][Sn]([c]2ccccc2)([c]2ccccc2)[c]2ccccc2)c1Cl. The summed E-state index contributed by atoms with van der Waals surface area (Å²) in [5, 5.41) is 0.470. The predicted octanol–water partition coefficient (Wildman–Crippen LogP) is 4.40. The third kappa shape index (κ3) is 4.31. The van der Waals surface area contributed by atoms with Gasteiger partial charge in [0.2, 0.25) is 0 Å². The molecule has 31 heavy (non-hydrogen) atoms. The monoisotopic (exact) mass is 555 g/mol. The van der Waals surface area contributed by atoms with Gasteiger partial charge in [0.15, 0.2) is 0 Å². The first-order chi connectivity index (χ1) is 15.0. The maximum absolute atomic E-state index is 13.5. The van der Waals surface area contributed by atoms with Crippen molar-refractivity contribution in [1.29, 1.82) is 0 Å². The molecule has 2 N–H and O–H groups in total. The van der Waals surface area contributed by atoms with Gasteiger partial charge in [-0.2, -0.15) is 0 Å². The molecule has 0 saturated carbocycles. The minimum absolute atomic E-state index is 0.142. The van der Waals surface area contributed by atoms with Crippen LogP contribution in [0.15, 0.2) is 103 Å². The number of benzene rings is 4. The summed E-state index contributed by atoms with van der Waals surface area (Å²) in [5.74, 6) is -0.536. The quantitative estimate of drug-likeness (QED) is 0.294. The van der Waals surface area contributed by atoms with Gasteiger partial charge in [-0.3, -0.25) is 0 Å². The Balaban J connectivity index is 1.96. The number of anilines is 1. The van der Waals surface area contributed by atoms with Gasteiger partial charge in [0.1, 0.15) is 0 Å². The van der Waals surface area contributed by atoms with E-state index in [9.17, 15) is 4.79 Å². The van der Waals surface area contributed by atoms with Crippen molar-refractivity contribution < 1.29 is 7.87 Å². The fourth-order valence-electron chi connectivity index (χ4n) is 3.65. The van der Waals surface area contributed by atoms with Crippen LogP contribution in [0.2, 0.25) is 10.0 Å². The van der Waals surface area contributed by atoms with Crippen molar-refractivity contribution in [3.63, 3.8) is 0 Å². The van der Waals surface area contributed by atoms with Crippen LogP contribution in [-0.2, 0) is 3.07 Å². The standard InChI is InChI=1S/C7H5Cl2NO2.3C6H5.Sn/c8-3-1-4(7(11)12)6(9)5(10)2-3;3*1-2-4-6-5-3-1;/h1-2H,10H2,(H,11,12);3*1-5H;/q;;;;+1/p-1. The van der Waals surface area contributed by atoms with Crippen molar-refractivity contribution in [1.82, 2.24) is 0 Å². The summed E-state index contributed by atoms with van der Waals surface area (Å²) in [5.41, 5.74) is 6.35. The zero-order chi connectivity index (χ0) is 21.8. The van der Waals surface area contributed by atoms with Crippen LogP contribution in [0.1, 0.15) is 10.4 Å². The van der Waals surface area contributed by atoms with Crippen LogP contribution < -0.4 is 16.5 Å². The molecule has 0 saturated heterocycles. The van der Waals surface area contributed by atoms with Gasteiger partial charge < -0.3 is 0 Å². The van der Waals surface area contributed by atoms with Crippen LogP contribution in [-0.4, -0.2) is 24.8 Å². The summed E-state index contributed by atoms with van der Waals surface area (Å²) < 4.78 is 9.57. The first-order valence-electron chi connectivity index (χ1n) is 9.67. The number of carbonyl (C=O) groups is 1. The molecule has 4 aromatic rings. The van der Waals surface area contributed by atoms with Gasteiger partial charge >= 0.3 is 197 Å². The molecule has 0 aliphatic rings. The number of rotatable bonds is 5. The summed E-state index contributed by atoms with van der Waals surface area (Å²) >= 11 is 8.28. The van der Waals surface area contributed by atoms with Gasteiger partial charge in [0, 0.05) is 0 Å². The second kappa shape index (κ2) is 9.35. The zero-order valence-corrected chi connectivity index (χ0v) is 20.8. The summed E-state index contributed by atoms with van der Waals surface area (Å²) in [6, 6.07) is 32.8. The van der Waals surface area contributed by atoms with Crippen molar-refractivity contribution in [3.05, 3.63) is 119 Å². The van der Waals surface area contributed by atoms with Gasteiger partial charge in [0.05, 0.1) is 0 Å². The molecule has 0 aromatic heterocycles. The van der Waals surface area contributed by atoms with Gasteiger partial charge in [-0.25, -0.2) is 0 Å². The predicted molar refractivity (Wildman–Crippen MR) is 130 cm³/mol. The van der Waals surface area contributed by atoms with E-state index in [1.807, 2.05) is 91.0 Å². The second-order valence-electron chi connectivity index (χ2n) is 7.03. The molecule has 0 bridgehead atoms. The van der Waals surface area contributed by atoms with Crippen LogP contribution in [0.4, 0.5) is 5.69 Å². The van der Waals surface area contributed by atoms with E-state index in [1.54, 1.807) is 0 Å². The van der Waals surface area contributed by atoms with E-state index in [1.165, 1.54) is 12.1 Å². The second-order valence-corrected chi connectivity index (χ2v) is 17.3. The molecular formula is C25H19Cl2NO2Sn. The van der Waals surface area contributed by atoms with Crippen LogP contribution in [0.25, 0.3) is 0 Å². The van der Waals surface area contributed by atoms with Crippen molar-refractivity contribution in [3.8, 4) is 0 Å². The Morgan fingerprint density at radius 1 is 0.710 bits per heavy atom. The van der Waals surface area contributed by atoms with E-state index >= 15 is 0 Å². The number of carbonyl (C=O) groups excluding carboxylic acids is 1. The van der Waals surface area contributed by atoms with Gasteiger partial charge in [0.25, 0.3) is 0 Å². The molecule has 0 spiro atoms. The zero-order valence-electron chi connectivity index (χ0n) is 16.5. The molecule has 0 atom stereocenters. The topological polar surface area (TPSA) is 52.3 Å². The summed E-state index contributed by atoms with van der Waals surface area (Å²) in [7, 11) is 0. The molecule has 0 aliphatic carbocycles. The number of halogens is 2. The molecule has 0 fully saturated rings. The molecule has 0 radical (unpaired) electrons. The third-order valence-corrected chi connectivity index (χ3v) is 16.9. The van der Waals surface area contributed by atoms with Crippen LogP contribution in [0.5, 0.6) is 0 Å². The van der Waals surface area contributed by atoms with Gasteiger partial charge in [-0.15, -0.1) is 0 Å². The average molecular weight is 555 g/mol. The van der Waals surface area contributed by atoms with E-state index in [0.29, 0.717) is 5.02 Å². The van der Waals surface area contributed by atoms with E-state index in [0.717, 1.165) is 10.7 Å². The molecule has 4 aromatic carbocycles. The molecule has 0 heterocycles. The normalized spacial score (nSPS) is 11.2. The van der Waals surface area contributed by atoms with Crippen LogP contribution in [0, 0.1) is 0 Å². The first-order valence-corrected chi connectivity index (χ1v) is 15.9. The van der Waals surface area contributed by atoms with Crippen molar-refractivity contribution in [2.75, 3.05) is 5.73 Å². The Morgan fingerprint density at radius 2 is 1.13 bits per heavy atom. The Hall–Kier alpha value is -2.47. The number of nitrogen functional groups attached to an aromatic ring is 1. The fourth-order valence-corrected chi connectivity index (χ4v) is 14.7. The number of nitrogens with two attached hydrogens (primary N) is 1. The van der Waals surface area contributed by atoms with E-state index in [4.69, 9.17) is 32.0 Å². The first kappa shape index (κ1) is 21.7. The Kier molecular flexibility index (Phi) is 6.56. The molecule has 0 amide bonds. The summed E-state index contributed by atoms with van der Waals surface area (Å²) in [6.45, 7) is 0. The molecule has 6 heteroatoms. The number of hydrogen-bond acceptors (Lipinski definition) is 3. The third-order valence-electron chi connectivity index (χ3n) is 5.07. The Bertz CT molecular complexity index is 1110. The Morgan fingerprint density at radius 3 is 1.55 bits per heavy atom. The van der Waals surface area contributed by atoms with Crippen LogP contribution >= 0.6 is 23.2 Å². The van der Waals surface area contributed by atoms with E-state index in [-0.39, 0.29) is 16.3 Å². The maximum atomic E-state index is 13.5. The molecule has 3 nitrogen and oxygen atoms in total. The summed E-state index contributed by atoms with van der Waals surface area (Å²) in [4.78, 5) is 13.5. The molecule has 4 rings (SSSR count). The van der Waals surface area contributed by atoms with Crippen molar-refractivity contribution in [2.45, 2.75) is 0 Å². The molecule has 0 aliphatic heterocycles. The number of hydrogen-bond donors (Lipinski definition) is 1. The van der Waals surface area contributed by atoms with Crippen molar-refractivity contribution >= 4 is 64.4 Å². The van der Waals surface area contributed by atoms with E-state index < -0.39 is 24.8 Å². The fraction of sp³-hybridized carbons (Fsp3) is 0. The van der Waals surface area contributed by atoms with Gasteiger partial charge in [-0.05, 0) is 0 Å². The summed E-state index contributed by atoms with van der Waals surface area (Å²) in [6.07, 6.45) is 0.